The standard InChI is InChI=1S/C44H32N2.C9H7NO.CH3.BHNP.2Li/c1-3-17-37(18-4-1)45(43-23-11-15-35-13-7-9-21-41(35)43)39-29-25-33(26-30-39)34-27-31-40(32-28-34)46(38-19-5-2-6-20-38)44-24-12-16-36-14-8-10-22-42(36)44;11-8-5-1-3-7-4-2-6-10-9(7)8;;1-2-3;;/h1-32H;1-6,11H;1H3;3H;;/q;;-1;;2*+1. The van der Waals surface area contributed by atoms with Gasteiger partial charge in [-0.2, -0.15) is 0 Å². The fraction of sp³-hybridized carbons (Fsp3) is 0. The van der Waals surface area contributed by atoms with Crippen LogP contribution in [0.15, 0.2) is 235 Å². The van der Waals surface area contributed by atoms with Crippen LogP contribution in [-0.2, 0) is 0 Å². The van der Waals surface area contributed by atoms with Crippen molar-refractivity contribution >= 4 is 83.6 Å². The first-order chi connectivity index (χ1) is 29.6. The predicted octanol–water partition coefficient (Wildman–Crippen LogP) is 9.39. The largest absolute Gasteiger partial charge is 1.00 e. The van der Waals surface area contributed by atoms with Crippen molar-refractivity contribution in [1.29, 1.82) is 0 Å². The average molecular weight is 820 g/mol. The van der Waals surface area contributed by atoms with Gasteiger partial charge in [-0.05, 0) is 104 Å². The first-order valence-electron chi connectivity index (χ1n) is 19.6. The van der Waals surface area contributed by atoms with E-state index in [1.54, 1.807) is 18.3 Å². The van der Waals surface area contributed by atoms with Crippen molar-refractivity contribution in [3.05, 3.63) is 238 Å². The van der Waals surface area contributed by atoms with Crippen molar-refractivity contribution in [3.8, 4) is 16.9 Å². The maximum Gasteiger partial charge on any atom is 1.00 e. The molecule has 9 heteroatoms. The van der Waals surface area contributed by atoms with E-state index in [1.807, 2.05) is 18.2 Å². The number of pyridine rings is 1. The Morgan fingerprint density at radius 2 is 0.762 bits per heavy atom. The average Bonchev–Trinajstić information content (AvgIpc) is 3.31. The zero-order valence-electron chi connectivity index (χ0n) is 35.8. The van der Waals surface area contributed by atoms with Crippen molar-refractivity contribution in [2.24, 2.45) is 4.66 Å². The van der Waals surface area contributed by atoms with Crippen LogP contribution < -0.4 is 47.5 Å². The Kier molecular flexibility index (Phi) is 17.6. The molecule has 0 bridgehead atoms. The Bertz CT molecular complexity index is 2820. The van der Waals surface area contributed by atoms with Gasteiger partial charge in [0.2, 0.25) is 0 Å². The number of anilines is 6. The first kappa shape index (κ1) is 47.7. The summed E-state index contributed by atoms with van der Waals surface area (Å²) in [5.41, 5.74) is 9.84. The monoisotopic (exact) mass is 819 g/mol. The van der Waals surface area contributed by atoms with Gasteiger partial charge in [-0.1, -0.05) is 152 Å². The van der Waals surface area contributed by atoms with Gasteiger partial charge in [0.05, 0.1) is 11.4 Å². The number of nitrogens with zero attached hydrogens (tertiary/aromatic N) is 4. The van der Waals surface area contributed by atoms with E-state index >= 15 is 0 Å². The number of hydrogen-bond acceptors (Lipinski definition) is 5. The molecule has 0 aliphatic rings. The van der Waals surface area contributed by atoms with Crippen molar-refractivity contribution in [2.45, 2.75) is 0 Å². The normalized spacial score (nSPS) is 10.0. The van der Waals surface area contributed by atoms with Gasteiger partial charge >= 0.3 is 37.7 Å². The van der Waals surface area contributed by atoms with Gasteiger partial charge in [0.15, 0.2) is 0 Å². The number of aromatic nitrogens is 1. The van der Waals surface area contributed by atoms with Gasteiger partial charge in [0.25, 0.3) is 7.98 Å². The third kappa shape index (κ3) is 11.0. The molecule has 0 unspecified atom stereocenters. The van der Waals surface area contributed by atoms with Gasteiger partial charge in [-0.3, -0.25) is 4.98 Å². The molecule has 0 saturated carbocycles. The Balaban J connectivity index is 0.000000378. The summed E-state index contributed by atoms with van der Waals surface area (Å²) in [4.78, 5) is 8.72. The van der Waals surface area contributed by atoms with Crippen molar-refractivity contribution < 1.29 is 42.8 Å². The summed E-state index contributed by atoms with van der Waals surface area (Å²) in [5, 5.41) is 15.2. The zero-order chi connectivity index (χ0) is 41.1. The summed E-state index contributed by atoms with van der Waals surface area (Å²) in [6.45, 7) is 0. The molecule has 0 aliphatic carbocycles. The molecule has 0 saturated heterocycles. The Morgan fingerprint density at radius 1 is 0.413 bits per heavy atom. The van der Waals surface area contributed by atoms with Crippen LogP contribution in [0.3, 0.4) is 0 Å². The molecule has 0 atom stereocenters. The number of phenolic OH excluding ortho intramolecular Hbond substituents is 1. The van der Waals surface area contributed by atoms with Gasteiger partial charge < -0.3 is 27.0 Å². The number of benzene rings is 9. The maximum atomic E-state index is 9.31. The second-order valence-electron chi connectivity index (χ2n) is 13.9. The molecular formula is C54H43BLi2N4OP+. The van der Waals surface area contributed by atoms with Crippen LogP contribution in [0.1, 0.15) is 0 Å². The van der Waals surface area contributed by atoms with E-state index in [2.05, 4.69) is 231 Å². The second kappa shape index (κ2) is 23.2. The molecule has 0 fully saturated rings. The van der Waals surface area contributed by atoms with Crippen LogP contribution in [0, 0.1) is 7.43 Å². The van der Waals surface area contributed by atoms with E-state index in [9.17, 15) is 5.11 Å². The molecule has 294 valence electrons. The number of aromatic hydroxyl groups is 1. The molecular weight excluding hydrogens is 776 g/mol. The number of rotatable bonds is 7. The molecule has 0 spiro atoms. The molecule has 9 aromatic carbocycles. The molecule has 1 N–H and O–H groups in total. The fourth-order valence-corrected chi connectivity index (χ4v) is 7.51. The molecule has 10 aromatic rings. The first-order valence-corrected chi connectivity index (χ1v) is 20.0. The molecule has 10 rings (SSSR count). The topological polar surface area (TPSA) is 52.0 Å². The zero-order valence-corrected chi connectivity index (χ0v) is 36.8. The molecule has 5 nitrogen and oxygen atoms in total. The van der Waals surface area contributed by atoms with Crippen LogP contribution in [0.2, 0.25) is 0 Å². The third-order valence-electron chi connectivity index (χ3n) is 10.2. The number of hydrogen-bond donors (Lipinski definition) is 1. The molecule has 1 aromatic heterocycles. The minimum Gasteiger partial charge on any atom is -0.506 e. The molecule has 1 heterocycles. The van der Waals surface area contributed by atoms with Crippen LogP contribution in [0.5, 0.6) is 5.75 Å². The van der Waals surface area contributed by atoms with Gasteiger partial charge in [-0.15, -0.1) is 0 Å². The van der Waals surface area contributed by atoms with E-state index in [-0.39, 0.29) is 50.9 Å². The number of fused-ring (bicyclic) bond motifs is 3. The van der Waals surface area contributed by atoms with Crippen molar-refractivity contribution in [1.82, 2.24) is 4.98 Å². The summed E-state index contributed by atoms with van der Waals surface area (Å²) in [5.74, 6) is 0.239. The summed E-state index contributed by atoms with van der Waals surface area (Å²) in [7, 11) is 6.97. The summed E-state index contributed by atoms with van der Waals surface area (Å²) in [6.07, 6.45) is 1.67. The van der Waals surface area contributed by atoms with Crippen LogP contribution in [0.4, 0.5) is 34.1 Å². The van der Waals surface area contributed by atoms with Crippen molar-refractivity contribution in [3.63, 3.8) is 0 Å². The van der Waals surface area contributed by atoms with Crippen LogP contribution >= 0.6 is 9.03 Å². The fourth-order valence-electron chi connectivity index (χ4n) is 7.51. The number of phenols is 1. The summed E-state index contributed by atoms with van der Waals surface area (Å²) in [6, 6.07) is 78.4. The van der Waals surface area contributed by atoms with E-state index in [4.69, 9.17) is 0 Å². The Hall–Kier alpha value is -6.33. The Labute approximate surface area is 398 Å². The SMILES string of the molecule is Oc1cccc2cccnc12.[B]N=P.[CH3-].[Li+].[Li+].c1ccc(N(c2ccc(-c3ccc(N(c4ccccc4)c4cccc5ccccc45)cc3)cc2)c2cccc3ccccc23)cc1. The van der Waals surface area contributed by atoms with E-state index in [0.29, 0.717) is 5.52 Å². The quantitative estimate of drug-likeness (QED) is 0.0990. The summed E-state index contributed by atoms with van der Waals surface area (Å²) < 4.78 is 2.81. The van der Waals surface area contributed by atoms with E-state index in [0.717, 1.165) is 39.5 Å². The predicted molar refractivity (Wildman–Crippen MR) is 263 cm³/mol. The summed E-state index contributed by atoms with van der Waals surface area (Å²) >= 11 is 0. The molecule has 0 aliphatic heterocycles. The van der Waals surface area contributed by atoms with Crippen molar-refractivity contribution in [2.75, 3.05) is 9.80 Å². The van der Waals surface area contributed by atoms with Crippen LogP contribution in [0.25, 0.3) is 43.6 Å². The molecule has 0 amide bonds. The van der Waals surface area contributed by atoms with Gasteiger partial charge in [0.1, 0.15) is 11.3 Å². The van der Waals surface area contributed by atoms with E-state index < -0.39 is 0 Å². The number of para-hydroxylation sites is 3. The third-order valence-corrected chi connectivity index (χ3v) is 10.2. The smallest absolute Gasteiger partial charge is 0.506 e. The minimum atomic E-state index is 0. The molecule has 2 radical (unpaired) electrons. The van der Waals surface area contributed by atoms with Gasteiger partial charge in [-0.25, -0.2) is 0 Å². The van der Waals surface area contributed by atoms with E-state index in [1.165, 1.54) is 32.7 Å². The second-order valence-corrected chi connectivity index (χ2v) is 14.2. The maximum absolute atomic E-state index is 9.31. The minimum absolute atomic E-state index is 0. The van der Waals surface area contributed by atoms with Gasteiger partial charge in [0, 0.05) is 45.1 Å². The molecule has 63 heavy (non-hydrogen) atoms. The Morgan fingerprint density at radius 3 is 1.21 bits per heavy atom. The van der Waals surface area contributed by atoms with Crippen LogP contribution in [-0.4, -0.2) is 18.1 Å².